The molecule has 0 unspecified atom stereocenters. The van der Waals surface area contributed by atoms with Gasteiger partial charge in [-0.25, -0.2) is 0 Å². The van der Waals surface area contributed by atoms with E-state index in [1.165, 1.54) is 0 Å². The summed E-state index contributed by atoms with van der Waals surface area (Å²) in [4.78, 5) is 20.0. The van der Waals surface area contributed by atoms with Gasteiger partial charge in [0.2, 0.25) is 5.91 Å². The SMILES string of the molecule is NC(=O)CC[C@H](N)C(=O)[O-].[K+]. The zero-order valence-corrected chi connectivity index (χ0v) is 9.49. The molecule has 0 aliphatic rings. The van der Waals surface area contributed by atoms with Gasteiger partial charge in [-0.3, -0.25) is 4.79 Å². The van der Waals surface area contributed by atoms with Gasteiger partial charge < -0.3 is 21.4 Å². The Bertz CT molecular complexity index is 151. The van der Waals surface area contributed by atoms with E-state index in [4.69, 9.17) is 11.5 Å². The van der Waals surface area contributed by atoms with Crippen LogP contribution in [0.3, 0.4) is 0 Å². The first-order valence-corrected chi connectivity index (χ1v) is 2.78. The molecule has 11 heavy (non-hydrogen) atoms. The molecule has 0 saturated heterocycles. The van der Waals surface area contributed by atoms with E-state index >= 15 is 0 Å². The van der Waals surface area contributed by atoms with Gasteiger partial charge >= 0.3 is 51.4 Å². The first kappa shape index (κ1) is 14.1. The molecule has 0 aromatic carbocycles. The van der Waals surface area contributed by atoms with Crippen LogP contribution in [0.4, 0.5) is 0 Å². The number of amides is 1. The number of nitrogens with two attached hydrogens (primary N) is 2. The molecule has 0 heterocycles. The van der Waals surface area contributed by atoms with Crippen molar-refractivity contribution in [2.45, 2.75) is 18.9 Å². The topological polar surface area (TPSA) is 109 Å². The molecule has 0 aromatic heterocycles. The Kier molecular flexibility index (Phi) is 9.22. The standard InChI is InChI=1S/C5H10N2O3.K/c6-3(5(9)10)1-2-4(7)8;/h3H,1-2,6H2,(H2,7,8)(H,9,10);/q;+1/p-1/t3-;/m0./s1. The van der Waals surface area contributed by atoms with Gasteiger partial charge in [-0.15, -0.1) is 0 Å². The van der Waals surface area contributed by atoms with Crippen LogP contribution in [0.1, 0.15) is 12.8 Å². The molecule has 0 bridgehead atoms. The van der Waals surface area contributed by atoms with E-state index in [1.54, 1.807) is 0 Å². The smallest absolute Gasteiger partial charge is 0.548 e. The van der Waals surface area contributed by atoms with E-state index in [2.05, 4.69) is 0 Å². The average Bonchev–Trinajstić information content (AvgIpc) is 1.82. The van der Waals surface area contributed by atoms with E-state index in [1.807, 2.05) is 0 Å². The summed E-state index contributed by atoms with van der Waals surface area (Å²) in [6.07, 6.45) is 0.0206. The number of carboxylic acids is 1. The van der Waals surface area contributed by atoms with E-state index in [0.29, 0.717) is 0 Å². The molecule has 6 heteroatoms. The molecule has 0 aromatic rings. The number of rotatable bonds is 4. The third-order valence-corrected chi connectivity index (χ3v) is 1.00. The summed E-state index contributed by atoms with van der Waals surface area (Å²) in [5, 5.41) is 9.92. The molecule has 0 saturated carbocycles. The van der Waals surface area contributed by atoms with Crippen LogP contribution in [-0.4, -0.2) is 17.9 Å². The number of hydrogen-bond acceptors (Lipinski definition) is 4. The van der Waals surface area contributed by atoms with E-state index in [9.17, 15) is 14.7 Å². The second-order valence-corrected chi connectivity index (χ2v) is 1.93. The zero-order chi connectivity index (χ0) is 8.15. The number of hydrogen-bond donors (Lipinski definition) is 2. The Morgan fingerprint density at radius 2 is 1.91 bits per heavy atom. The normalized spacial score (nSPS) is 11.4. The van der Waals surface area contributed by atoms with Crippen LogP contribution in [0.5, 0.6) is 0 Å². The van der Waals surface area contributed by atoms with Crippen molar-refractivity contribution in [2.75, 3.05) is 0 Å². The van der Waals surface area contributed by atoms with Gasteiger partial charge in [-0.2, -0.15) is 0 Å². The Labute approximate surface area is 107 Å². The summed E-state index contributed by atoms with van der Waals surface area (Å²) in [6.45, 7) is 0. The minimum absolute atomic E-state index is 0. The fraction of sp³-hybridized carbons (Fsp3) is 0.600. The summed E-state index contributed by atoms with van der Waals surface area (Å²) in [5.74, 6) is -1.92. The number of aliphatic carboxylic acids is 1. The van der Waals surface area contributed by atoms with Crippen molar-refractivity contribution in [2.24, 2.45) is 11.5 Å². The van der Waals surface area contributed by atoms with Crippen LogP contribution >= 0.6 is 0 Å². The van der Waals surface area contributed by atoms with Crippen LogP contribution in [0.2, 0.25) is 0 Å². The predicted molar refractivity (Wildman–Crippen MR) is 31.4 cm³/mol. The quantitative estimate of drug-likeness (QED) is 0.424. The molecule has 5 nitrogen and oxygen atoms in total. The van der Waals surface area contributed by atoms with Gasteiger partial charge in [0.1, 0.15) is 0 Å². The molecule has 0 aliphatic carbocycles. The van der Waals surface area contributed by atoms with Crippen LogP contribution in [0.25, 0.3) is 0 Å². The summed E-state index contributed by atoms with van der Waals surface area (Å²) in [6, 6.07) is -1.09. The molecular formula is C5H9KN2O3. The molecule has 0 radical (unpaired) electrons. The maximum Gasteiger partial charge on any atom is 1.00 e. The summed E-state index contributed by atoms with van der Waals surface area (Å²) in [5.41, 5.74) is 9.73. The summed E-state index contributed by atoms with van der Waals surface area (Å²) >= 11 is 0. The van der Waals surface area contributed by atoms with Crippen molar-refractivity contribution in [1.29, 1.82) is 0 Å². The van der Waals surface area contributed by atoms with Crippen LogP contribution in [-0.2, 0) is 9.59 Å². The van der Waals surface area contributed by atoms with Crippen LogP contribution in [0.15, 0.2) is 0 Å². The van der Waals surface area contributed by atoms with E-state index in [0.717, 1.165) is 0 Å². The fourth-order valence-corrected chi connectivity index (χ4v) is 0.416. The number of carbonyl (C=O) groups excluding carboxylic acids is 2. The number of primary amides is 1. The van der Waals surface area contributed by atoms with Gasteiger partial charge in [0, 0.05) is 12.5 Å². The van der Waals surface area contributed by atoms with Crippen molar-refractivity contribution >= 4 is 11.9 Å². The summed E-state index contributed by atoms with van der Waals surface area (Å²) in [7, 11) is 0. The van der Waals surface area contributed by atoms with E-state index in [-0.39, 0.29) is 64.2 Å². The minimum atomic E-state index is -1.36. The molecule has 0 spiro atoms. The van der Waals surface area contributed by atoms with Crippen molar-refractivity contribution in [3.63, 3.8) is 0 Å². The molecule has 1 atom stereocenters. The van der Waals surface area contributed by atoms with Gasteiger partial charge in [-0.05, 0) is 6.42 Å². The Balaban J connectivity index is 0. The third kappa shape index (κ3) is 8.44. The van der Waals surface area contributed by atoms with Gasteiger partial charge in [0.15, 0.2) is 0 Å². The molecule has 0 rings (SSSR count). The largest absolute Gasteiger partial charge is 1.00 e. The molecule has 4 N–H and O–H groups in total. The van der Waals surface area contributed by atoms with E-state index < -0.39 is 17.9 Å². The number of carboxylic acid groups (broad SMARTS) is 1. The Morgan fingerprint density at radius 1 is 1.45 bits per heavy atom. The molecule has 0 fully saturated rings. The summed E-state index contributed by atoms with van der Waals surface area (Å²) < 4.78 is 0. The molecule has 1 amide bonds. The Hall–Kier alpha value is 0.536. The first-order chi connectivity index (χ1) is 4.54. The Morgan fingerprint density at radius 3 is 2.18 bits per heavy atom. The monoisotopic (exact) mass is 184 g/mol. The van der Waals surface area contributed by atoms with Gasteiger partial charge in [-0.1, -0.05) is 0 Å². The van der Waals surface area contributed by atoms with Crippen LogP contribution in [0, 0.1) is 0 Å². The molecule has 0 aliphatic heterocycles. The number of carbonyl (C=O) groups is 2. The second-order valence-electron chi connectivity index (χ2n) is 1.93. The van der Waals surface area contributed by atoms with Crippen molar-refractivity contribution in [3.05, 3.63) is 0 Å². The maximum absolute atomic E-state index is 10.1. The fourth-order valence-electron chi connectivity index (χ4n) is 0.416. The predicted octanol–water partition coefficient (Wildman–Crippen LogP) is -5.67. The van der Waals surface area contributed by atoms with Crippen molar-refractivity contribution in [3.8, 4) is 0 Å². The third-order valence-electron chi connectivity index (χ3n) is 1.00. The van der Waals surface area contributed by atoms with Gasteiger partial charge in [0.05, 0.1) is 5.97 Å². The van der Waals surface area contributed by atoms with Crippen LogP contribution < -0.4 is 68.0 Å². The first-order valence-electron chi connectivity index (χ1n) is 2.78. The van der Waals surface area contributed by atoms with Crippen molar-refractivity contribution in [1.82, 2.24) is 0 Å². The maximum atomic E-state index is 10.1. The second kappa shape index (κ2) is 7.20. The van der Waals surface area contributed by atoms with Gasteiger partial charge in [0.25, 0.3) is 0 Å². The average molecular weight is 184 g/mol. The molecular weight excluding hydrogens is 175 g/mol. The molecule has 58 valence electrons. The zero-order valence-electron chi connectivity index (χ0n) is 6.37. The minimum Gasteiger partial charge on any atom is -0.548 e. The van der Waals surface area contributed by atoms with Crippen molar-refractivity contribution < 1.29 is 66.1 Å².